The first-order chi connectivity index (χ1) is 15.8. The summed E-state index contributed by atoms with van der Waals surface area (Å²) in [6.45, 7) is 5.18. The minimum Gasteiger partial charge on any atom is -0.449 e. The molecule has 9 heteroatoms. The van der Waals surface area contributed by atoms with Gasteiger partial charge in [0.2, 0.25) is 0 Å². The maximum Gasteiger partial charge on any atom is 0.338 e. The van der Waals surface area contributed by atoms with E-state index in [9.17, 15) is 19.2 Å². The number of carbonyl (C=O) groups excluding carboxylic acids is 4. The Morgan fingerprint density at radius 1 is 1.06 bits per heavy atom. The average molecular weight is 447 g/mol. The molecular formula is C24H21N3O6. The fourth-order valence-corrected chi connectivity index (χ4v) is 3.55. The molecule has 1 aliphatic rings. The van der Waals surface area contributed by atoms with Crippen LogP contribution >= 0.6 is 0 Å². The number of imide groups is 1. The third kappa shape index (κ3) is 4.12. The molecule has 0 unspecified atom stereocenters. The number of anilines is 2. The van der Waals surface area contributed by atoms with Gasteiger partial charge in [-0.3, -0.25) is 14.4 Å². The molecule has 0 saturated carbocycles. The van der Waals surface area contributed by atoms with Crippen molar-refractivity contribution in [2.45, 2.75) is 33.3 Å². The number of fused-ring (bicyclic) bond motifs is 1. The molecule has 0 fully saturated rings. The summed E-state index contributed by atoms with van der Waals surface area (Å²) in [5, 5.41) is 6.21. The van der Waals surface area contributed by atoms with E-state index in [1.54, 1.807) is 39.0 Å². The van der Waals surface area contributed by atoms with Crippen molar-refractivity contribution in [3.8, 4) is 0 Å². The molecule has 0 aliphatic carbocycles. The number of hydrogen-bond acceptors (Lipinski definition) is 7. The molecule has 3 aromatic rings. The molecule has 33 heavy (non-hydrogen) atoms. The van der Waals surface area contributed by atoms with E-state index in [1.807, 2.05) is 6.07 Å². The van der Waals surface area contributed by atoms with Crippen molar-refractivity contribution in [3.05, 3.63) is 76.5 Å². The number of para-hydroxylation sites is 1. The van der Waals surface area contributed by atoms with Crippen LogP contribution in [0.15, 0.2) is 53.1 Å². The van der Waals surface area contributed by atoms with Crippen molar-refractivity contribution in [2.75, 3.05) is 10.2 Å². The van der Waals surface area contributed by atoms with Gasteiger partial charge in [0.05, 0.1) is 22.4 Å². The van der Waals surface area contributed by atoms with Crippen LogP contribution in [0.5, 0.6) is 0 Å². The predicted molar refractivity (Wildman–Crippen MR) is 118 cm³/mol. The molecule has 0 saturated heterocycles. The van der Waals surface area contributed by atoms with Gasteiger partial charge in [-0.25, -0.2) is 9.69 Å². The van der Waals surface area contributed by atoms with Gasteiger partial charge >= 0.3 is 5.97 Å². The van der Waals surface area contributed by atoms with Crippen LogP contribution < -0.4 is 10.2 Å². The SMILES string of the molecule is CC[C@@H](OC(=O)c1ccc2c(c1)C(=O)N(c1ccccc1C)C2=O)C(=O)Nc1cc(C)on1. The largest absolute Gasteiger partial charge is 0.449 e. The van der Waals surface area contributed by atoms with Crippen molar-refractivity contribution in [3.63, 3.8) is 0 Å². The van der Waals surface area contributed by atoms with E-state index in [0.717, 1.165) is 10.5 Å². The van der Waals surface area contributed by atoms with Gasteiger partial charge in [-0.2, -0.15) is 0 Å². The molecule has 0 spiro atoms. The zero-order chi connectivity index (χ0) is 23.7. The van der Waals surface area contributed by atoms with Crippen LogP contribution in [0.25, 0.3) is 0 Å². The van der Waals surface area contributed by atoms with Crippen molar-refractivity contribution < 1.29 is 28.4 Å². The number of amides is 3. The van der Waals surface area contributed by atoms with Crippen LogP contribution in [0, 0.1) is 13.8 Å². The second kappa shape index (κ2) is 8.70. The van der Waals surface area contributed by atoms with Crippen molar-refractivity contribution in [2.24, 2.45) is 0 Å². The molecule has 2 heterocycles. The Labute approximate surface area is 189 Å². The van der Waals surface area contributed by atoms with E-state index in [0.29, 0.717) is 11.4 Å². The molecule has 1 N–H and O–H groups in total. The Hall–Kier alpha value is -4.27. The molecule has 2 aromatic carbocycles. The number of aromatic nitrogens is 1. The average Bonchev–Trinajstić information content (AvgIpc) is 3.32. The second-order valence-corrected chi connectivity index (χ2v) is 7.61. The maximum absolute atomic E-state index is 13.0. The fraction of sp³-hybridized carbons (Fsp3) is 0.208. The quantitative estimate of drug-likeness (QED) is 0.452. The lowest BCUT2D eigenvalue weighted by molar-refractivity contribution is -0.124. The molecule has 9 nitrogen and oxygen atoms in total. The van der Waals surface area contributed by atoms with Crippen LogP contribution in [-0.2, 0) is 9.53 Å². The number of ether oxygens (including phenoxy) is 1. The van der Waals surface area contributed by atoms with Crippen molar-refractivity contribution in [1.29, 1.82) is 0 Å². The summed E-state index contributed by atoms with van der Waals surface area (Å²) >= 11 is 0. The summed E-state index contributed by atoms with van der Waals surface area (Å²) in [6, 6.07) is 12.7. The molecule has 1 aromatic heterocycles. The highest BCUT2D eigenvalue weighted by atomic mass is 16.5. The first-order valence-corrected chi connectivity index (χ1v) is 10.3. The first-order valence-electron chi connectivity index (χ1n) is 10.3. The van der Waals surface area contributed by atoms with E-state index in [4.69, 9.17) is 9.26 Å². The van der Waals surface area contributed by atoms with E-state index < -0.39 is 29.8 Å². The standard InChI is InChI=1S/C24H21N3O6/c1-4-19(21(28)25-20-11-14(3)33-26-20)32-24(31)15-9-10-16-17(12-15)23(30)27(22(16)29)18-8-6-5-7-13(18)2/h5-12,19H,4H2,1-3H3,(H,25,26,28)/t19-/m1/s1. The van der Waals surface area contributed by atoms with Crippen LogP contribution in [0.4, 0.5) is 11.5 Å². The first kappa shape index (κ1) is 21.9. The van der Waals surface area contributed by atoms with Gasteiger partial charge < -0.3 is 14.6 Å². The Kier molecular flexibility index (Phi) is 5.78. The minimum absolute atomic E-state index is 0.0602. The lowest BCUT2D eigenvalue weighted by Gasteiger charge is -2.16. The number of nitrogens with zero attached hydrogens (tertiary/aromatic N) is 2. The smallest absolute Gasteiger partial charge is 0.338 e. The number of hydrogen-bond donors (Lipinski definition) is 1. The molecule has 0 radical (unpaired) electrons. The van der Waals surface area contributed by atoms with E-state index in [2.05, 4.69) is 10.5 Å². The number of rotatable bonds is 6. The fourth-order valence-electron chi connectivity index (χ4n) is 3.55. The Morgan fingerprint density at radius 3 is 2.45 bits per heavy atom. The number of nitrogens with one attached hydrogen (secondary N) is 1. The zero-order valence-electron chi connectivity index (χ0n) is 18.2. The van der Waals surface area contributed by atoms with Gasteiger partial charge in [0.25, 0.3) is 17.7 Å². The summed E-state index contributed by atoms with van der Waals surface area (Å²) < 4.78 is 10.3. The Balaban J connectivity index is 1.53. The zero-order valence-corrected chi connectivity index (χ0v) is 18.2. The normalized spacial score (nSPS) is 13.6. The van der Waals surface area contributed by atoms with Gasteiger partial charge in [-0.1, -0.05) is 30.3 Å². The van der Waals surface area contributed by atoms with Gasteiger partial charge in [0, 0.05) is 6.07 Å². The molecule has 3 amide bonds. The summed E-state index contributed by atoms with van der Waals surface area (Å²) in [5.41, 5.74) is 1.62. The van der Waals surface area contributed by atoms with Gasteiger partial charge in [0.15, 0.2) is 11.9 Å². The van der Waals surface area contributed by atoms with Crippen LogP contribution in [0.1, 0.15) is 55.7 Å². The van der Waals surface area contributed by atoms with Crippen LogP contribution in [0.2, 0.25) is 0 Å². The number of aryl methyl sites for hydroxylation is 2. The lowest BCUT2D eigenvalue weighted by Crippen LogP contribution is -2.32. The summed E-state index contributed by atoms with van der Waals surface area (Å²) in [4.78, 5) is 52.1. The third-order valence-corrected chi connectivity index (χ3v) is 5.27. The van der Waals surface area contributed by atoms with E-state index >= 15 is 0 Å². The number of esters is 1. The lowest BCUT2D eigenvalue weighted by atomic mass is 10.1. The highest BCUT2D eigenvalue weighted by molar-refractivity contribution is 6.35. The van der Waals surface area contributed by atoms with E-state index in [1.165, 1.54) is 24.3 Å². The summed E-state index contributed by atoms with van der Waals surface area (Å²) in [7, 11) is 0. The number of carbonyl (C=O) groups is 4. The Bertz CT molecular complexity index is 1280. The molecule has 4 rings (SSSR count). The maximum atomic E-state index is 13.0. The third-order valence-electron chi connectivity index (χ3n) is 5.27. The molecule has 168 valence electrons. The topological polar surface area (TPSA) is 119 Å². The number of benzene rings is 2. The van der Waals surface area contributed by atoms with Gasteiger partial charge in [-0.05, 0) is 50.1 Å². The van der Waals surface area contributed by atoms with Crippen molar-refractivity contribution >= 4 is 35.2 Å². The highest BCUT2D eigenvalue weighted by Gasteiger charge is 2.38. The molecule has 1 atom stereocenters. The predicted octanol–water partition coefficient (Wildman–Crippen LogP) is 3.67. The highest BCUT2D eigenvalue weighted by Crippen LogP contribution is 2.31. The van der Waals surface area contributed by atoms with Crippen LogP contribution in [-0.4, -0.2) is 35.0 Å². The van der Waals surface area contributed by atoms with E-state index in [-0.39, 0.29) is 28.9 Å². The summed E-state index contributed by atoms with van der Waals surface area (Å²) in [6.07, 6.45) is -0.860. The molecule has 1 aliphatic heterocycles. The van der Waals surface area contributed by atoms with Gasteiger partial charge in [-0.15, -0.1) is 0 Å². The minimum atomic E-state index is -1.08. The molecular weight excluding hydrogens is 426 g/mol. The van der Waals surface area contributed by atoms with Crippen LogP contribution in [0.3, 0.4) is 0 Å². The monoisotopic (exact) mass is 447 g/mol. The van der Waals surface area contributed by atoms with Gasteiger partial charge in [0.1, 0.15) is 5.76 Å². The molecule has 0 bridgehead atoms. The second-order valence-electron chi connectivity index (χ2n) is 7.61. The Morgan fingerprint density at radius 2 is 1.79 bits per heavy atom. The van der Waals surface area contributed by atoms with Crippen molar-refractivity contribution in [1.82, 2.24) is 5.16 Å². The summed E-state index contributed by atoms with van der Waals surface area (Å²) in [5.74, 6) is -1.59.